The molecule has 3 rings (SSSR count). The Morgan fingerprint density at radius 2 is 2.32 bits per heavy atom. The third kappa shape index (κ3) is 2.15. The summed E-state index contributed by atoms with van der Waals surface area (Å²) in [7, 11) is 0. The molecular formula is C12H6BrFN2O2S. The molecule has 0 N–H and O–H groups in total. The minimum atomic E-state index is -0.517. The summed E-state index contributed by atoms with van der Waals surface area (Å²) >= 11 is 4.60. The molecule has 0 fully saturated rings. The number of benzene rings is 1. The van der Waals surface area contributed by atoms with Crippen LogP contribution in [0.2, 0.25) is 0 Å². The highest BCUT2D eigenvalue weighted by molar-refractivity contribution is 9.10. The Hall–Kier alpha value is -1.73. The van der Waals surface area contributed by atoms with Crippen molar-refractivity contribution in [3.8, 4) is 11.6 Å². The van der Waals surface area contributed by atoms with Crippen molar-refractivity contribution in [2.24, 2.45) is 0 Å². The van der Waals surface area contributed by atoms with E-state index >= 15 is 0 Å². The lowest BCUT2D eigenvalue weighted by atomic mass is 10.3. The van der Waals surface area contributed by atoms with Gasteiger partial charge < -0.3 is 4.74 Å². The van der Waals surface area contributed by atoms with Crippen molar-refractivity contribution in [3.05, 3.63) is 45.8 Å². The van der Waals surface area contributed by atoms with Gasteiger partial charge in [0.1, 0.15) is 0 Å². The van der Waals surface area contributed by atoms with Gasteiger partial charge in [-0.2, -0.15) is 4.98 Å². The predicted molar refractivity (Wildman–Crippen MR) is 72.6 cm³/mol. The number of hydrogen-bond acceptors (Lipinski definition) is 4. The number of aromatic nitrogens is 2. The van der Waals surface area contributed by atoms with Crippen molar-refractivity contribution < 1.29 is 13.9 Å². The number of carbonyl (C=O) groups excluding carboxylic acids is 1. The van der Waals surface area contributed by atoms with Gasteiger partial charge >= 0.3 is 0 Å². The molecule has 0 atom stereocenters. The van der Waals surface area contributed by atoms with Gasteiger partial charge in [0.2, 0.25) is 5.88 Å². The molecule has 19 heavy (non-hydrogen) atoms. The van der Waals surface area contributed by atoms with Gasteiger partial charge in [-0.3, -0.25) is 9.20 Å². The van der Waals surface area contributed by atoms with Crippen molar-refractivity contribution in [2.45, 2.75) is 0 Å². The number of fused-ring (bicyclic) bond motifs is 1. The molecule has 0 bridgehead atoms. The van der Waals surface area contributed by atoms with Crippen molar-refractivity contribution in [1.82, 2.24) is 9.38 Å². The molecule has 0 amide bonds. The van der Waals surface area contributed by atoms with Crippen molar-refractivity contribution in [1.29, 1.82) is 0 Å². The SMILES string of the molecule is O=Cc1c(Oc2cc(Br)ccc2F)nc2sccn12. The maximum atomic E-state index is 13.6. The lowest BCUT2D eigenvalue weighted by molar-refractivity contribution is 0.111. The van der Waals surface area contributed by atoms with E-state index in [0.29, 0.717) is 15.7 Å². The second kappa shape index (κ2) is 4.75. The summed E-state index contributed by atoms with van der Waals surface area (Å²) in [6.45, 7) is 0. The van der Waals surface area contributed by atoms with Gasteiger partial charge in [0.25, 0.3) is 0 Å². The Bertz CT molecular complexity index is 768. The van der Waals surface area contributed by atoms with Gasteiger partial charge in [0.05, 0.1) is 0 Å². The molecule has 96 valence electrons. The number of imidazole rings is 1. The standard InChI is InChI=1S/C12H6BrFN2O2S/c13-7-1-2-8(14)10(5-7)18-11-9(6-17)16-3-4-19-12(16)15-11/h1-6H. The molecule has 7 heteroatoms. The number of ether oxygens (including phenoxy) is 1. The van der Waals surface area contributed by atoms with E-state index in [9.17, 15) is 9.18 Å². The molecule has 2 heterocycles. The number of thiazole rings is 1. The van der Waals surface area contributed by atoms with Gasteiger partial charge in [0, 0.05) is 16.0 Å². The van der Waals surface area contributed by atoms with E-state index in [1.165, 1.54) is 23.5 Å². The Morgan fingerprint density at radius 1 is 1.47 bits per heavy atom. The first-order valence-electron chi connectivity index (χ1n) is 5.22. The largest absolute Gasteiger partial charge is 0.434 e. The minimum absolute atomic E-state index is 0.0169. The van der Waals surface area contributed by atoms with Crippen molar-refractivity contribution >= 4 is 38.5 Å². The van der Waals surface area contributed by atoms with Gasteiger partial charge in [-0.05, 0) is 18.2 Å². The van der Waals surface area contributed by atoms with Gasteiger partial charge in [-0.25, -0.2) is 4.39 Å². The van der Waals surface area contributed by atoms with E-state index < -0.39 is 5.82 Å². The summed E-state index contributed by atoms with van der Waals surface area (Å²) in [6.07, 6.45) is 2.35. The van der Waals surface area contributed by atoms with Crippen LogP contribution in [0, 0.1) is 5.82 Å². The van der Waals surface area contributed by atoms with E-state index in [4.69, 9.17) is 4.74 Å². The lowest BCUT2D eigenvalue weighted by Gasteiger charge is -2.04. The first-order valence-corrected chi connectivity index (χ1v) is 6.90. The molecule has 0 unspecified atom stereocenters. The zero-order valence-corrected chi connectivity index (χ0v) is 11.7. The van der Waals surface area contributed by atoms with Crippen LogP contribution in [0.3, 0.4) is 0 Å². The number of nitrogens with zero attached hydrogens (tertiary/aromatic N) is 2. The first kappa shape index (κ1) is 12.3. The topological polar surface area (TPSA) is 43.6 Å². The third-order valence-electron chi connectivity index (χ3n) is 2.48. The Labute approximate surface area is 119 Å². The van der Waals surface area contributed by atoms with Crippen LogP contribution in [0.4, 0.5) is 4.39 Å². The number of halogens is 2. The Kier molecular flexibility index (Phi) is 3.08. The second-order valence-corrected chi connectivity index (χ2v) is 5.44. The highest BCUT2D eigenvalue weighted by Crippen LogP contribution is 2.30. The van der Waals surface area contributed by atoms with E-state index in [1.807, 2.05) is 0 Å². The summed E-state index contributed by atoms with van der Waals surface area (Å²) in [5, 5.41) is 1.80. The summed E-state index contributed by atoms with van der Waals surface area (Å²) in [4.78, 5) is 15.9. The fourth-order valence-electron chi connectivity index (χ4n) is 1.63. The van der Waals surface area contributed by atoms with Gasteiger partial charge in [0.15, 0.2) is 28.5 Å². The molecule has 0 aliphatic heterocycles. The van der Waals surface area contributed by atoms with E-state index in [-0.39, 0.29) is 17.3 Å². The molecule has 0 spiro atoms. The van der Waals surface area contributed by atoms with Crippen LogP contribution in [-0.4, -0.2) is 15.7 Å². The average Bonchev–Trinajstić information content (AvgIpc) is 2.94. The minimum Gasteiger partial charge on any atom is -0.434 e. The predicted octanol–water partition coefficient (Wildman–Crippen LogP) is 3.90. The Balaban J connectivity index is 2.07. The zero-order chi connectivity index (χ0) is 13.4. The lowest BCUT2D eigenvalue weighted by Crippen LogP contribution is -1.93. The molecule has 4 nitrogen and oxygen atoms in total. The number of carbonyl (C=O) groups is 1. The van der Waals surface area contributed by atoms with E-state index in [2.05, 4.69) is 20.9 Å². The molecule has 2 aromatic heterocycles. The quantitative estimate of drug-likeness (QED) is 0.679. The number of hydrogen-bond donors (Lipinski definition) is 0. The third-order valence-corrected chi connectivity index (χ3v) is 3.73. The fraction of sp³-hybridized carbons (Fsp3) is 0. The van der Waals surface area contributed by atoms with Crippen LogP contribution in [0.15, 0.2) is 34.2 Å². The summed E-state index contributed by atoms with van der Waals surface area (Å²) in [6, 6.07) is 4.32. The molecule has 0 saturated carbocycles. The van der Waals surface area contributed by atoms with Crippen LogP contribution < -0.4 is 4.74 Å². The zero-order valence-electron chi connectivity index (χ0n) is 9.34. The number of aldehydes is 1. The van der Waals surface area contributed by atoms with Crippen LogP contribution in [0.5, 0.6) is 11.6 Å². The maximum absolute atomic E-state index is 13.6. The van der Waals surface area contributed by atoms with E-state index in [0.717, 1.165) is 0 Å². The summed E-state index contributed by atoms with van der Waals surface area (Å²) in [5.74, 6) is -0.404. The molecule has 0 radical (unpaired) electrons. The average molecular weight is 341 g/mol. The van der Waals surface area contributed by atoms with Crippen LogP contribution >= 0.6 is 27.3 Å². The molecule has 0 saturated heterocycles. The van der Waals surface area contributed by atoms with E-state index in [1.54, 1.807) is 22.0 Å². The van der Waals surface area contributed by atoms with Gasteiger partial charge in [-0.15, -0.1) is 11.3 Å². The normalized spacial score (nSPS) is 10.8. The van der Waals surface area contributed by atoms with Crippen molar-refractivity contribution in [3.63, 3.8) is 0 Å². The van der Waals surface area contributed by atoms with Gasteiger partial charge in [-0.1, -0.05) is 15.9 Å². The molecule has 1 aromatic carbocycles. The monoisotopic (exact) mass is 340 g/mol. The molecular weight excluding hydrogens is 335 g/mol. The molecule has 3 aromatic rings. The molecule has 0 aliphatic carbocycles. The van der Waals surface area contributed by atoms with Crippen molar-refractivity contribution in [2.75, 3.05) is 0 Å². The molecule has 0 aliphatic rings. The van der Waals surface area contributed by atoms with Crippen LogP contribution in [-0.2, 0) is 0 Å². The summed E-state index contributed by atoms with van der Waals surface area (Å²) < 4.78 is 21.3. The van der Waals surface area contributed by atoms with Crippen LogP contribution in [0.1, 0.15) is 10.5 Å². The number of rotatable bonds is 3. The highest BCUT2D eigenvalue weighted by Gasteiger charge is 2.16. The van der Waals surface area contributed by atoms with Crippen LogP contribution in [0.25, 0.3) is 4.96 Å². The fourth-order valence-corrected chi connectivity index (χ4v) is 2.68. The second-order valence-electron chi connectivity index (χ2n) is 3.65. The first-order chi connectivity index (χ1) is 9.19. The summed E-state index contributed by atoms with van der Waals surface area (Å²) in [5.41, 5.74) is 0.260. The highest BCUT2D eigenvalue weighted by atomic mass is 79.9. The Morgan fingerprint density at radius 3 is 3.11 bits per heavy atom. The maximum Gasteiger partial charge on any atom is 0.250 e. The smallest absolute Gasteiger partial charge is 0.250 e.